The van der Waals surface area contributed by atoms with E-state index in [-0.39, 0.29) is 6.79 Å². The molecule has 5 heteroatoms. The van der Waals surface area contributed by atoms with Crippen LogP contribution in [0.4, 0.5) is 0 Å². The van der Waals surface area contributed by atoms with Gasteiger partial charge in [-0.15, -0.1) is 0 Å². The highest BCUT2D eigenvalue weighted by atomic mass is 16.7. The second-order valence-corrected chi connectivity index (χ2v) is 6.88. The Morgan fingerprint density at radius 2 is 1.74 bits per heavy atom. The fourth-order valence-corrected chi connectivity index (χ4v) is 3.98. The molecule has 0 atom stereocenters. The average Bonchev–Trinajstić information content (AvgIpc) is 3.13. The fraction of sp³-hybridized carbons (Fsp3) is 0.227. The van der Waals surface area contributed by atoms with Crippen molar-refractivity contribution in [3.8, 4) is 17.2 Å². The van der Waals surface area contributed by atoms with Crippen molar-refractivity contribution in [2.75, 3.05) is 20.4 Å². The Kier molecular flexibility index (Phi) is 3.58. The van der Waals surface area contributed by atoms with E-state index < -0.39 is 0 Å². The Morgan fingerprint density at radius 1 is 0.963 bits per heavy atom. The van der Waals surface area contributed by atoms with Crippen molar-refractivity contribution in [3.63, 3.8) is 0 Å². The predicted molar refractivity (Wildman–Crippen MR) is 107 cm³/mol. The molecule has 2 N–H and O–H groups in total. The molecule has 5 nitrogen and oxygen atoms in total. The van der Waals surface area contributed by atoms with Gasteiger partial charge >= 0.3 is 0 Å². The van der Waals surface area contributed by atoms with E-state index in [0.717, 1.165) is 56.3 Å². The zero-order chi connectivity index (χ0) is 18.5. The van der Waals surface area contributed by atoms with Crippen LogP contribution in [-0.4, -0.2) is 25.4 Å². The van der Waals surface area contributed by atoms with Crippen molar-refractivity contribution in [2.24, 2.45) is 5.73 Å². The van der Waals surface area contributed by atoms with Gasteiger partial charge in [0, 0.05) is 23.0 Å². The Morgan fingerprint density at radius 3 is 2.52 bits per heavy atom. The molecule has 1 aromatic heterocycles. The number of nitrogens with zero attached hydrogens (tertiary/aromatic N) is 1. The summed E-state index contributed by atoms with van der Waals surface area (Å²) >= 11 is 0. The first-order valence-corrected chi connectivity index (χ1v) is 9.02. The molecule has 0 fully saturated rings. The first-order valence-electron chi connectivity index (χ1n) is 9.02. The highest BCUT2D eigenvalue weighted by Crippen LogP contribution is 2.40. The maximum atomic E-state index is 5.90. The molecule has 0 aliphatic carbocycles. The summed E-state index contributed by atoms with van der Waals surface area (Å²) in [5.74, 6) is 2.40. The highest BCUT2D eigenvalue weighted by molar-refractivity contribution is 6.17. The molecule has 27 heavy (non-hydrogen) atoms. The SMILES string of the molecule is COc1cc2c(CCN)cc3c4cc5c(cc4ncc3c2cc1C)OCO5. The number of benzene rings is 3. The van der Waals surface area contributed by atoms with Crippen molar-refractivity contribution >= 4 is 32.4 Å². The summed E-state index contributed by atoms with van der Waals surface area (Å²) in [4.78, 5) is 4.69. The summed E-state index contributed by atoms with van der Waals surface area (Å²) in [5, 5.41) is 5.66. The number of methoxy groups -OCH3 is 1. The second kappa shape index (κ2) is 5.99. The number of fused-ring (bicyclic) bond motifs is 6. The van der Waals surface area contributed by atoms with E-state index in [9.17, 15) is 0 Å². The Hall–Kier alpha value is -3.05. The number of pyridine rings is 1. The molecule has 5 rings (SSSR count). The molecule has 1 aliphatic heterocycles. The van der Waals surface area contributed by atoms with Crippen molar-refractivity contribution in [1.82, 2.24) is 4.98 Å². The molecule has 0 saturated heterocycles. The lowest BCUT2D eigenvalue weighted by Crippen LogP contribution is -2.04. The molecule has 2 heterocycles. The molecule has 136 valence electrons. The summed E-state index contributed by atoms with van der Waals surface area (Å²) in [7, 11) is 1.70. The van der Waals surface area contributed by atoms with E-state index >= 15 is 0 Å². The Labute approximate surface area is 156 Å². The number of aryl methyl sites for hydroxylation is 1. The van der Waals surface area contributed by atoms with Gasteiger partial charge in [0.2, 0.25) is 6.79 Å². The Bertz CT molecular complexity index is 1220. The van der Waals surface area contributed by atoms with Gasteiger partial charge in [0.05, 0.1) is 12.6 Å². The minimum Gasteiger partial charge on any atom is -0.496 e. The molecule has 4 aromatic rings. The van der Waals surface area contributed by atoms with E-state index in [2.05, 4.69) is 25.1 Å². The molecule has 0 saturated carbocycles. The summed E-state index contributed by atoms with van der Waals surface area (Å²) in [6.07, 6.45) is 2.74. The van der Waals surface area contributed by atoms with Crippen LogP contribution in [0.25, 0.3) is 32.4 Å². The lowest BCUT2D eigenvalue weighted by Gasteiger charge is -2.15. The van der Waals surface area contributed by atoms with E-state index in [0.29, 0.717) is 6.54 Å². The van der Waals surface area contributed by atoms with Crippen molar-refractivity contribution in [1.29, 1.82) is 0 Å². The van der Waals surface area contributed by atoms with Gasteiger partial charge in [-0.25, -0.2) is 0 Å². The van der Waals surface area contributed by atoms with E-state index in [1.807, 2.05) is 18.3 Å². The lowest BCUT2D eigenvalue weighted by atomic mass is 9.93. The minimum absolute atomic E-state index is 0.254. The van der Waals surface area contributed by atoms with Crippen LogP contribution in [0.2, 0.25) is 0 Å². The van der Waals surface area contributed by atoms with E-state index in [4.69, 9.17) is 24.9 Å². The summed E-state index contributed by atoms with van der Waals surface area (Å²) in [6.45, 7) is 2.91. The van der Waals surface area contributed by atoms with Gasteiger partial charge in [0.15, 0.2) is 11.5 Å². The third kappa shape index (κ3) is 2.39. The van der Waals surface area contributed by atoms with Crippen LogP contribution < -0.4 is 19.9 Å². The summed E-state index contributed by atoms with van der Waals surface area (Å²) < 4.78 is 16.6. The van der Waals surface area contributed by atoms with Crippen LogP contribution >= 0.6 is 0 Å². The van der Waals surface area contributed by atoms with Gasteiger partial charge in [0.25, 0.3) is 0 Å². The van der Waals surface area contributed by atoms with E-state index in [1.165, 1.54) is 10.9 Å². The lowest BCUT2D eigenvalue weighted by molar-refractivity contribution is 0.174. The average molecular weight is 360 g/mol. The molecular formula is C22H20N2O3. The van der Waals surface area contributed by atoms with Crippen molar-refractivity contribution in [3.05, 3.63) is 47.7 Å². The third-order valence-corrected chi connectivity index (χ3v) is 5.31. The maximum absolute atomic E-state index is 5.90. The largest absolute Gasteiger partial charge is 0.496 e. The van der Waals surface area contributed by atoms with Gasteiger partial charge in [-0.1, -0.05) is 0 Å². The number of hydrogen-bond donors (Lipinski definition) is 1. The van der Waals surface area contributed by atoms with E-state index in [1.54, 1.807) is 7.11 Å². The zero-order valence-electron chi connectivity index (χ0n) is 15.3. The molecular weight excluding hydrogens is 340 g/mol. The number of hydrogen-bond acceptors (Lipinski definition) is 5. The standard InChI is InChI=1S/C22H20N2O3/c1-12-5-15-14(7-20(12)25-2)13(3-4-23)6-16-17-8-21-22(27-11-26-21)9-19(17)24-10-18(15)16/h5-10H,3-4,11,23H2,1-2H3. The third-order valence-electron chi connectivity index (χ3n) is 5.31. The van der Waals surface area contributed by atoms with Gasteiger partial charge in [-0.3, -0.25) is 4.98 Å². The van der Waals surface area contributed by atoms with Crippen LogP contribution in [0, 0.1) is 6.92 Å². The summed E-state index contributed by atoms with van der Waals surface area (Å²) in [5.41, 5.74) is 9.11. The van der Waals surface area contributed by atoms with Crippen LogP contribution in [0.1, 0.15) is 11.1 Å². The van der Waals surface area contributed by atoms with Gasteiger partial charge in [-0.05, 0) is 71.4 Å². The fourth-order valence-electron chi connectivity index (χ4n) is 3.98. The number of aromatic nitrogens is 1. The van der Waals surface area contributed by atoms with Crippen LogP contribution in [0.5, 0.6) is 17.2 Å². The molecule has 1 aliphatic rings. The smallest absolute Gasteiger partial charge is 0.231 e. The molecule has 3 aromatic carbocycles. The molecule has 0 unspecified atom stereocenters. The maximum Gasteiger partial charge on any atom is 0.231 e. The quantitative estimate of drug-likeness (QED) is 0.558. The predicted octanol–water partition coefficient (Wildman–Crippen LogP) is 4.09. The number of ether oxygens (including phenoxy) is 3. The number of rotatable bonds is 3. The first kappa shape index (κ1) is 16.1. The van der Waals surface area contributed by atoms with Crippen LogP contribution in [0.15, 0.2) is 36.5 Å². The second-order valence-electron chi connectivity index (χ2n) is 6.88. The molecule has 0 amide bonds. The summed E-state index contributed by atoms with van der Waals surface area (Å²) in [6, 6.07) is 10.5. The van der Waals surface area contributed by atoms with Crippen LogP contribution in [0.3, 0.4) is 0 Å². The highest BCUT2D eigenvalue weighted by Gasteiger charge is 2.18. The minimum atomic E-state index is 0.254. The molecule has 0 radical (unpaired) electrons. The van der Waals surface area contributed by atoms with Gasteiger partial charge in [-0.2, -0.15) is 0 Å². The normalized spacial score (nSPS) is 13.0. The zero-order valence-corrected chi connectivity index (χ0v) is 15.3. The van der Waals surface area contributed by atoms with Crippen molar-refractivity contribution in [2.45, 2.75) is 13.3 Å². The van der Waals surface area contributed by atoms with Gasteiger partial charge < -0.3 is 19.9 Å². The van der Waals surface area contributed by atoms with Gasteiger partial charge in [0.1, 0.15) is 5.75 Å². The Balaban J connectivity index is 1.92. The van der Waals surface area contributed by atoms with Crippen molar-refractivity contribution < 1.29 is 14.2 Å². The monoisotopic (exact) mass is 360 g/mol. The molecule has 0 bridgehead atoms. The topological polar surface area (TPSA) is 66.6 Å². The molecule has 0 spiro atoms. The first-order chi connectivity index (χ1) is 13.2. The number of nitrogens with two attached hydrogens (primary N) is 1. The van der Waals surface area contributed by atoms with Crippen LogP contribution in [-0.2, 0) is 6.42 Å².